The quantitative estimate of drug-likeness (QED) is 0.620. The summed E-state index contributed by atoms with van der Waals surface area (Å²) in [4.78, 5) is 0. The SMILES string of the molecule is C=CC1CC(C)CC2CC(C1)C1COC(=C)C21. The maximum atomic E-state index is 5.74. The first-order valence-electron chi connectivity index (χ1n) is 7.13. The zero-order chi connectivity index (χ0) is 12.0. The molecule has 6 unspecified atom stereocenters. The third-order valence-corrected chi connectivity index (χ3v) is 5.36. The lowest BCUT2D eigenvalue weighted by Crippen LogP contribution is -2.17. The van der Waals surface area contributed by atoms with Crippen molar-refractivity contribution < 1.29 is 4.74 Å². The Morgan fingerprint density at radius 2 is 2.00 bits per heavy atom. The van der Waals surface area contributed by atoms with Crippen molar-refractivity contribution in [1.82, 2.24) is 0 Å². The molecule has 0 spiro atoms. The van der Waals surface area contributed by atoms with E-state index in [1.165, 1.54) is 25.7 Å². The van der Waals surface area contributed by atoms with Crippen LogP contribution in [0.2, 0.25) is 0 Å². The molecule has 6 atom stereocenters. The number of allylic oxidation sites excluding steroid dienone is 2. The van der Waals surface area contributed by atoms with E-state index < -0.39 is 0 Å². The van der Waals surface area contributed by atoms with E-state index in [0.717, 1.165) is 42.0 Å². The van der Waals surface area contributed by atoms with Crippen molar-refractivity contribution >= 4 is 0 Å². The lowest BCUT2D eigenvalue weighted by Gasteiger charge is -2.27. The van der Waals surface area contributed by atoms with E-state index in [9.17, 15) is 0 Å². The molecule has 0 N–H and O–H groups in total. The van der Waals surface area contributed by atoms with Gasteiger partial charge in [0.25, 0.3) is 0 Å². The predicted octanol–water partition coefficient (Wildman–Crippen LogP) is 4.02. The number of fused-ring (bicyclic) bond motifs is 5. The van der Waals surface area contributed by atoms with Crippen LogP contribution in [0.3, 0.4) is 0 Å². The van der Waals surface area contributed by atoms with Crippen molar-refractivity contribution in [2.24, 2.45) is 35.5 Å². The van der Waals surface area contributed by atoms with Crippen LogP contribution in [-0.4, -0.2) is 6.61 Å². The van der Waals surface area contributed by atoms with Crippen LogP contribution >= 0.6 is 0 Å². The van der Waals surface area contributed by atoms with Crippen molar-refractivity contribution in [3.8, 4) is 0 Å². The highest BCUT2D eigenvalue weighted by Crippen LogP contribution is 2.55. The van der Waals surface area contributed by atoms with Crippen molar-refractivity contribution in [3.05, 3.63) is 25.0 Å². The molecular weight excluding hydrogens is 208 g/mol. The normalized spacial score (nSPS) is 49.1. The topological polar surface area (TPSA) is 9.23 Å². The van der Waals surface area contributed by atoms with Gasteiger partial charge in [-0.3, -0.25) is 0 Å². The fourth-order valence-electron chi connectivity index (χ4n) is 4.72. The Kier molecular flexibility index (Phi) is 2.80. The molecule has 2 bridgehead atoms. The molecule has 0 aromatic rings. The molecule has 1 nitrogen and oxygen atoms in total. The molecule has 2 saturated carbocycles. The number of hydrogen-bond acceptors (Lipinski definition) is 1. The van der Waals surface area contributed by atoms with Gasteiger partial charge in [-0.2, -0.15) is 0 Å². The molecule has 1 heterocycles. The molecule has 0 amide bonds. The van der Waals surface area contributed by atoms with Gasteiger partial charge in [-0.15, -0.1) is 6.58 Å². The van der Waals surface area contributed by atoms with Crippen LogP contribution in [0.1, 0.15) is 32.6 Å². The molecule has 3 fully saturated rings. The van der Waals surface area contributed by atoms with Crippen molar-refractivity contribution in [2.45, 2.75) is 32.6 Å². The Labute approximate surface area is 105 Å². The largest absolute Gasteiger partial charge is 0.498 e. The van der Waals surface area contributed by atoms with Gasteiger partial charge >= 0.3 is 0 Å². The Hall–Kier alpha value is -0.720. The second-order valence-corrected chi connectivity index (χ2v) is 6.53. The molecule has 1 aliphatic heterocycles. The van der Waals surface area contributed by atoms with Crippen molar-refractivity contribution in [1.29, 1.82) is 0 Å². The van der Waals surface area contributed by atoms with Crippen LogP contribution < -0.4 is 0 Å². The van der Waals surface area contributed by atoms with Gasteiger partial charge in [0.05, 0.1) is 12.4 Å². The highest BCUT2D eigenvalue weighted by Gasteiger charge is 2.50. The fourth-order valence-corrected chi connectivity index (χ4v) is 4.72. The van der Waals surface area contributed by atoms with E-state index in [0.29, 0.717) is 5.92 Å². The summed E-state index contributed by atoms with van der Waals surface area (Å²) in [7, 11) is 0. The van der Waals surface area contributed by atoms with Crippen LogP contribution in [0, 0.1) is 35.5 Å². The second-order valence-electron chi connectivity index (χ2n) is 6.53. The maximum Gasteiger partial charge on any atom is 0.0926 e. The number of ether oxygens (including phenoxy) is 1. The molecule has 0 radical (unpaired) electrons. The van der Waals surface area contributed by atoms with Crippen molar-refractivity contribution in [2.75, 3.05) is 6.61 Å². The summed E-state index contributed by atoms with van der Waals surface area (Å²) >= 11 is 0. The smallest absolute Gasteiger partial charge is 0.0926 e. The minimum Gasteiger partial charge on any atom is -0.498 e. The molecule has 1 saturated heterocycles. The minimum atomic E-state index is 0.672. The number of rotatable bonds is 1. The molecule has 2 aliphatic carbocycles. The average molecular weight is 232 g/mol. The van der Waals surface area contributed by atoms with Crippen LogP contribution in [0.4, 0.5) is 0 Å². The first-order chi connectivity index (χ1) is 8.19. The van der Waals surface area contributed by atoms with Gasteiger partial charge in [0.15, 0.2) is 0 Å². The van der Waals surface area contributed by atoms with Crippen LogP contribution in [-0.2, 0) is 4.74 Å². The summed E-state index contributed by atoms with van der Waals surface area (Å²) in [5, 5.41) is 0. The van der Waals surface area contributed by atoms with E-state index >= 15 is 0 Å². The molecule has 3 aliphatic rings. The van der Waals surface area contributed by atoms with E-state index in [1.807, 2.05) is 0 Å². The Bertz CT molecular complexity index is 330. The van der Waals surface area contributed by atoms with Gasteiger partial charge in [-0.1, -0.05) is 19.6 Å². The molecule has 94 valence electrons. The summed E-state index contributed by atoms with van der Waals surface area (Å²) < 4.78 is 5.74. The summed E-state index contributed by atoms with van der Waals surface area (Å²) in [6.45, 7) is 11.5. The fraction of sp³-hybridized carbons (Fsp3) is 0.750. The lowest BCUT2D eigenvalue weighted by molar-refractivity contribution is 0.184. The molecule has 17 heavy (non-hydrogen) atoms. The van der Waals surface area contributed by atoms with Crippen molar-refractivity contribution in [3.63, 3.8) is 0 Å². The third kappa shape index (κ3) is 1.84. The molecule has 0 aromatic heterocycles. The van der Waals surface area contributed by atoms with Gasteiger partial charge < -0.3 is 4.74 Å². The van der Waals surface area contributed by atoms with Crippen LogP contribution in [0.25, 0.3) is 0 Å². The lowest BCUT2D eigenvalue weighted by atomic mass is 9.79. The summed E-state index contributed by atoms with van der Waals surface area (Å²) in [6, 6.07) is 0. The van der Waals surface area contributed by atoms with Gasteiger partial charge in [0, 0.05) is 11.8 Å². The second kappa shape index (κ2) is 4.19. The predicted molar refractivity (Wildman–Crippen MR) is 70.4 cm³/mol. The number of hydrogen-bond donors (Lipinski definition) is 0. The standard InChI is InChI=1S/C16H24O/c1-4-12-5-10(2)6-14-8-13(7-12)15-9-17-11(3)16(14)15/h4,10,12-16H,1,3,5-9H2,2H3. The highest BCUT2D eigenvalue weighted by atomic mass is 16.5. The van der Waals surface area contributed by atoms with E-state index in [-0.39, 0.29) is 0 Å². The maximum absolute atomic E-state index is 5.74. The summed E-state index contributed by atoms with van der Waals surface area (Å²) in [5.41, 5.74) is 0. The summed E-state index contributed by atoms with van der Waals surface area (Å²) in [6.07, 6.45) is 7.64. The monoisotopic (exact) mass is 232 g/mol. The van der Waals surface area contributed by atoms with Gasteiger partial charge in [-0.05, 0) is 49.4 Å². The molecule has 3 rings (SSSR count). The Morgan fingerprint density at radius 1 is 1.18 bits per heavy atom. The van der Waals surface area contributed by atoms with E-state index in [1.54, 1.807) is 0 Å². The minimum absolute atomic E-state index is 0.672. The zero-order valence-electron chi connectivity index (χ0n) is 10.9. The first kappa shape index (κ1) is 11.4. The first-order valence-corrected chi connectivity index (χ1v) is 7.13. The Morgan fingerprint density at radius 3 is 2.76 bits per heavy atom. The van der Waals surface area contributed by atoms with E-state index in [4.69, 9.17) is 4.74 Å². The zero-order valence-corrected chi connectivity index (χ0v) is 10.9. The molecular formula is C16H24O. The highest BCUT2D eigenvalue weighted by molar-refractivity contribution is 5.10. The van der Waals surface area contributed by atoms with Gasteiger partial charge in [0.2, 0.25) is 0 Å². The summed E-state index contributed by atoms with van der Waals surface area (Å²) in [5.74, 6) is 5.79. The molecule has 1 heteroatoms. The third-order valence-electron chi connectivity index (χ3n) is 5.36. The van der Waals surface area contributed by atoms with E-state index in [2.05, 4.69) is 26.2 Å². The van der Waals surface area contributed by atoms with Crippen LogP contribution in [0.5, 0.6) is 0 Å². The van der Waals surface area contributed by atoms with Crippen LogP contribution in [0.15, 0.2) is 25.0 Å². The molecule has 0 aromatic carbocycles. The van der Waals surface area contributed by atoms with Gasteiger partial charge in [-0.25, -0.2) is 0 Å². The average Bonchev–Trinajstić information content (AvgIpc) is 2.80. The Balaban J connectivity index is 1.85. The van der Waals surface area contributed by atoms with Gasteiger partial charge in [0.1, 0.15) is 0 Å².